The summed E-state index contributed by atoms with van der Waals surface area (Å²) in [6, 6.07) is 7.08. The Morgan fingerprint density at radius 2 is 1.90 bits per heavy atom. The lowest BCUT2D eigenvalue weighted by atomic mass is 10.3. The van der Waals surface area contributed by atoms with Gasteiger partial charge in [0.1, 0.15) is 18.1 Å². The Labute approximate surface area is 120 Å². The summed E-state index contributed by atoms with van der Waals surface area (Å²) in [6.07, 6.45) is 2.63. The molecule has 0 bridgehead atoms. The number of benzene rings is 1. The van der Waals surface area contributed by atoms with Crippen LogP contribution in [0.25, 0.3) is 0 Å². The third-order valence-corrected chi connectivity index (χ3v) is 2.72. The first-order chi connectivity index (χ1) is 9.65. The summed E-state index contributed by atoms with van der Waals surface area (Å²) in [5.74, 6) is 1.53. The molecule has 0 heterocycles. The van der Waals surface area contributed by atoms with E-state index in [1.54, 1.807) is 13.3 Å². The van der Waals surface area contributed by atoms with Crippen molar-refractivity contribution < 1.29 is 14.3 Å². The molecule has 0 radical (unpaired) electrons. The molecule has 2 amide bonds. The number of hydrogen-bond acceptors (Lipinski definition) is 3. The quantitative estimate of drug-likeness (QED) is 0.754. The number of hydrogen-bond donors (Lipinski definition) is 2. The summed E-state index contributed by atoms with van der Waals surface area (Å²) in [7, 11) is 1.62. The van der Waals surface area contributed by atoms with Crippen LogP contribution in [-0.2, 0) is 0 Å². The van der Waals surface area contributed by atoms with Crippen LogP contribution in [0, 0.1) is 0 Å². The molecule has 1 rings (SSSR count). The molecule has 0 aliphatic heterocycles. The van der Waals surface area contributed by atoms with Gasteiger partial charge in [-0.2, -0.15) is 0 Å². The molecule has 0 fully saturated rings. The van der Waals surface area contributed by atoms with Crippen molar-refractivity contribution in [2.45, 2.75) is 20.3 Å². The standard InChI is InChI=1S/C15H22N2O3/c1-4-12(2)11-17-15(18)16-9-10-20-14-7-5-13(19-3)6-8-14/h5-8,11H,4,9-10H2,1-3H3,(H2,16,17,18)/b12-11+. The van der Waals surface area contributed by atoms with Crippen molar-refractivity contribution in [2.24, 2.45) is 0 Å². The Morgan fingerprint density at radius 1 is 1.25 bits per heavy atom. The lowest BCUT2D eigenvalue weighted by Gasteiger charge is -2.08. The van der Waals surface area contributed by atoms with Crippen LogP contribution < -0.4 is 20.1 Å². The summed E-state index contributed by atoms with van der Waals surface area (Å²) < 4.78 is 10.5. The minimum absolute atomic E-state index is 0.226. The maximum Gasteiger partial charge on any atom is 0.318 e. The van der Waals surface area contributed by atoms with E-state index >= 15 is 0 Å². The second-order valence-electron chi connectivity index (χ2n) is 4.27. The van der Waals surface area contributed by atoms with E-state index in [0.29, 0.717) is 13.2 Å². The van der Waals surface area contributed by atoms with E-state index in [2.05, 4.69) is 10.6 Å². The number of methoxy groups -OCH3 is 1. The molecule has 2 N–H and O–H groups in total. The summed E-state index contributed by atoms with van der Waals surface area (Å²) in [6.45, 7) is 4.86. The number of urea groups is 1. The van der Waals surface area contributed by atoms with Gasteiger partial charge in [0.25, 0.3) is 0 Å². The highest BCUT2D eigenvalue weighted by Crippen LogP contribution is 2.16. The fraction of sp³-hybridized carbons (Fsp3) is 0.400. The lowest BCUT2D eigenvalue weighted by Crippen LogP contribution is -2.35. The average molecular weight is 278 g/mol. The molecule has 0 saturated carbocycles. The van der Waals surface area contributed by atoms with Crippen molar-refractivity contribution >= 4 is 6.03 Å². The van der Waals surface area contributed by atoms with Crippen molar-refractivity contribution in [1.29, 1.82) is 0 Å². The van der Waals surface area contributed by atoms with Crippen LogP contribution in [0.1, 0.15) is 20.3 Å². The van der Waals surface area contributed by atoms with Gasteiger partial charge in [-0.1, -0.05) is 12.5 Å². The van der Waals surface area contributed by atoms with Crippen molar-refractivity contribution in [2.75, 3.05) is 20.3 Å². The highest BCUT2D eigenvalue weighted by molar-refractivity contribution is 5.74. The van der Waals surface area contributed by atoms with E-state index in [-0.39, 0.29) is 6.03 Å². The van der Waals surface area contributed by atoms with Gasteiger partial charge in [0.2, 0.25) is 0 Å². The van der Waals surface area contributed by atoms with Gasteiger partial charge in [-0.15, -0.1) is 0 Å². The van der Waals surface area contributed by atoms with Gasteiger partial charge in [0.15, 0.2) is 0 Å². The molecule has 0 aromatic heterocycles. The SMILES string of the molecule is CC/C(C)=C/NC(=O)NCCOc1ccc(OC)cc1. The first kappa shape index (κ1) is 15.9. The van der Waals surface area contributed by atoms with E-state index in [4.69, 9.17) is 9.47 Å². The number of ether oxygens (including phenoxy) is 2. The van der Waals surface area contributed by atoms with E-state index < -0.39 is 0 Å². The van der Waals surface area contributed by atoms with Crippen LogP contribution in [0.2, 0.25) is 0 Å². The zero-order valence-electron chi connectivity index (χ0n) is 12.2. The topological polar surface area (TPSA) is 59.6 Å². The highest BCUT2D eigenvalue weighted by atomic mass is 16.5. The van der Waals surface area contributed by atoms with Gasteiger partial charge in [0, 0.05) is 6.20 Å². The smallest absolute Gasteiger partial charge is 0.318 e. The average Bonchev–Trinajstić information content (AvgIpc) is 2.49. The number of rotatable bonds is 7. The summed E-state index contributed by atoms with van der Waals surface area (Å²) in [4.78, 5) is 11.4. The molecular weight excluding hydrogens is 256 g/mol. The van der Waals surface area contributed by atoms with Crippen molar-refractivity contribution in [3.63, 3.8) is 0 Å². The van der Waals surface area contributed by atoms with Gasteiger partial charge in [-0.25, -0.2) is 4.79 Å². The fourth-order valence-electron chi connectivity index (χ4n) is 1.35. The second-order valence-corrected chi connectivity index (χ2v) is 4.27. The Hall–Kier alpha value is -2.17. The minimum Gasteiger partial charge on any atom is -0.497 e. The Balaban J connectivity index is 2.19. The van der Waals surface area contributed by atoms with E-state index in [9.17, 15) is 4.79 Å². The molecule has 110 valence electrons. The zero-order chi connectivity index (χ0) is 14.8. The fourth-order valence-corrected chi connectivity index (χ4v) is 1.35. The Morgan fingerprint density at radius 3 is 2.50 bits per heavy atom. The van der Waals surface area contributed by atoms with Crippen LogP contribution >= 0.6 is 0 Å². The molecule has 1 aromatic rings. The number of amides is 2. The zero-order valence-corrected chi connectivity index (χ0v) is 12.2. The maximum absolute atomic E-state index is 11.4. The van der Waals surface area contributed by atoms with Gasteiger partial charge in [0.05, 0.1) is 13.7 Å². The molecule has 0 unspecified atom stereocenters. The predicted octanol–water partition coefficient (Wildman–Crippen LogP) is 2.69. The van der Waals surface area contributed by atoms with Gasteiger partial charge >= 0.3 is 6.03 Å². The lowest BCUT2D eigenvalue weighted by molar-refractivity contribution is 0.239. The molecule has 0 spiro atoms. The third-order valence-electron chi connectivity index (χ3n) is 2.72. The molecular formula is C15H22N2O3. The number of carbonyl (C=O) groups is 1. The van der Waals surface area contributed by atoms with Crippen LogP contribution in [0.3, 0.4) is 0 Å². The monoisotopic (exact) mass is 278 g/mol. The first-order valence-electron chi connectivity index (χ1n) is 6.62. The predicted molar refractivity (Wildman–Crippen MR) is 79.1 cm³/mol. The Bertz CT molecular complexity index is 441. The van der Waals surface area contributed by atoms with E-state index in [1.165, 1.54) is 0 Å². The molecule has 0 saturated heterocycles. The van der Waals surface area contributed by atoms with Crippen LogP contribution in [0.5, 0.6) is 11.5 Å². The Kier molecular flexibility index (Phi) is 7.03. The van der Waals surface area contributed by atoms with Gasteiger partial charge in [-0.3, -0.25) is 0 Å². The molecule has 0 atom stereocenters. The first-order valence-corrected chi connectivity index (χ1v) is 6.62. The van der Waals surface area contributed by atoms with Gasteiger partial charge in [-0.05, 0) is 37.6 Å². The van der Waals surface area contributed by atoms with E-state index in [1.807, 2.05) is 38.1 Å². The maximum atomic E-state index is 11.4. The molecule has 5 nitrogen and oxygen atoms in total. The van der Waals surface area contributed by atoms with Crippen LogP contribution in [0.4, 0.5) is 4.79 Å². The van der Waals surface area contributed by atoms with Crippen LogP contribution in [0.15, 0.2) is 36.0 Å². The van der Waals surface area contributed by atoms with Gasteiger partial charge < -0.3 is 20.1 Å². The number of nitrogens with one attached hydrogen (secondary N) is 2. The summed E-state index contributed by atoms with van der Waals surface area (Å²) >= 11 is 0. The molecule has 0 aliphatic carbocycles. The van der Waals surface area contributed by atoms with Crippen molar-refractivity contribution in [1.82, 2.24) is 10.6 Å². The highest BCUT2D eigenvalue weighted by Gasteiger charge is 1.98. The third kappa shape index (κ3) is 6.13. The van der Waals surface area contributed by atoms with Crippen LogP contribution in [-0.4, -0.2) is 26.3 Å². The largest absolute Gasteiger partial charge is 0.497 e. The second kappa shape index (κ2) is 8.85. The molecule has 5 heteroatoms. The van der Waals surface area contributed by atoms with E-state index in [0.717, 1.165) is 23.5 Å². The van der Waals surface area contributed by atoms with Crippen molar-refractivity contribution in [3.05, 3.63) is 36.0 Å². The minimum atomic E-state index is -0.226. The summed E-state index contributed by atoms with van der Waals surface area (Å²) in [5.41, 5.74) is 1.12. The molecule has 1 aromatic carbocycles. The number of carbonyl (C=O) groups excluding carboxylic acids is 1. The molecule has 20 heavy (non-hydrogen) atoms. The molecule has 0 aliphatic rings. The van der Waals surface area contributed by atoms with Crippen molar-refractivity contribution in [3.8, 4) is 11.5 Å². The number of allylic oxidation sites excluding steroid dienone is 1. The normalized spacial score (nSPS) is 10.8. The summed E-state index contributed by atoms with van der Waals surface area (Å²) in [5, 5.41) is 5.37.